The molecule has 6 heteroatoms. The van der Waals surface area contributed by atoms with Crippen molar-refractivity contribution in [3.8, 4) is 11.5 Å². The van der Waals surface area contributed by atoms with Gasteiger partial charge in [0.15, 0.2) is 11.5 Å². The van der Waals surface area contributed by atoms with Gasteiger partial charge in [0.2, 0.25) is 6.79 Å². The van der Waals surface area contributed by atoms with Crippen molar-refractivity contribution in [1.82, 2.24) is 4.90 Å². The monoisotopic (exact) mass is 433 g/mol. The first-order valence-corrected chi connectivity index (χ1v) is 11.0. The first-order valence-electron chi connectivity index (χ1n) is 11.0. The zero-order valence-corrected chi connectivity index (χ0v) is 18.1. The fraction of sp³-hybridized carbons (Fsp3) is 0.346. The van der Waals surface area contributed by atoms with E-state index in [4.69, 9.17) is 14.2 Å². The standard InChI is InChI=1S/C26H27NO5/c1-27-14-13-26-12-11-20(28)15-22(26)32-25-21(9-8-19(16-27)24(25)26)30-17-31-23(29)10-7-18-5-3-2-4-6-18/h2-12,20,22,28H,13-17H2,1H3/b10-7+. The van der Waals surface area contributed by atoms with Crippen LogP contribution in [0.1, 0.15) is 29.5 Å². The van der Waals surface area contributed by atoms with Crippen molar-refractivity contribution < 1.29 is 24.1 Å². The summed E-state index contributed by atoms with van der Waals surface area (Å²) < 4.78 is 17.4. The van der Waals surface area contributed by atoms with E-state index in [1.165, 1.54) is 11.6 Å². The minimum Gasteiger partial charge on any atom is -0.485 e. The molecule has 6 nitrogen and oxygen atoms in total. The Bertz CT molecular complexity index is 1060. The van der Waals surface area contributed by atoms with Crippen LogP contribution < -0.4 is 9.47 Å². The normalized spacial score (nSPS) is 26.2. The van der Waals surface area contributed by atoms with Gasteiger partial charge in [-0.25, -0.2) is 4.79 Å². The lowest BCUT2D eigenvalue weighted by Crippen LogP contribution is -2.42. The van der Waals surface area contributed by atoms with Gasteiger partial charge in [-0.15, -0.1) is 0 Å². The van der Waals surface area contributed by atoms with E-state index in [-0.39, 0.29) is 18.3 Å². The topological polar surface area (TPSA) is 68.2 Å². The van der Waals surface area contributed by atoms with Crippen molar-refractivity contribution in [3.63, 3.8) is 0 Å². The Kier molecular flexibility index (Phi) is 5.49. The highest BCUT2D eigenvalue weighted by molar-refractivity contribution is 5.87. The van der Waals surface area contributed by atoms with Gasteiger partial charge >= 0.3 is 5.97 Å². The van der Waals surface area contributed by atoms with E-state index < -0.39 is 12.1 Å². The fourth-order valence-corrected chi connectivity index (χ4v) is 4.96. The summed E-state index contributed by atoms with van der Waals surface area (Å²) in [5.41, 5.74) is 3.01. The first-order chi connectivity index (χ1) is 15.5. The fourth-order valence-electron chi connectivity index (χ4n) is 4.96. The molecule has 3 aliphatic rings. The Hall–Kier alpha value is -3.09. The average Bonchev–Trinajstić information content (AvgIpc) is 3.05. The van der Waals surface area contributed by atoms with Gasteiger partial charge in [-0.1, -0.05) is 48.6 Å². The summed E-state index contributed by atoms with van der Waals surface area (Å²) in [7, 11) is 2.12. The Morgan fingerprint density at radius 2 is 2.12 bits per heavy atom. The summed E-state index contributed by atoms with van der Waals surface area (Å²) in [5.74, 6) is 0.793. The van der Waals surface area contributed by atoms with Gasteiger partial charge in [0.1, 0.15) is 6.10 Å². The highest BCUT2D eigenvalue weighted by atomic mass is 16.7. The predicted octanol–water partition coefficient (Wildman–Crippen LogP) is 3.43. The van der Waals surface area contributed by atoms with Crippen LogP contribution in [0.3, 0.4) is 0 Å². The van der Waals surface area contributed by atoms with Crippen molar-refractivity contribution in [2.24, 2.45) is 0 Å². The predicted molar refractivity (Wildman–Crippen MR) is 120 cm³/mol. The van der Waals surface area contributed by atoms with Gasteiger partial charge in [-0.3, -0.25) is 0 Å². The molecule has 3 unspecified atom stereocenters. The molecular weight excluding hydrogens is 406 g/mol. The molecule has 0 bridgehead atoms. The number of rotatable bonds is 5. The maximum absolute atomic E-state index is 12.1. The van der Waals surface area contributed by atoms with Gasteiger partial charge in [0.05, 0.1) is 11.5 Å². The largest absolute Gasteiger partial charge is 0.485 e. The lowest BCUT2D eigenvalue weighted by molar-refractivity contribution is -0.144. The number of carbonyl (C=O) groups is 1. The van der Waals surface area contributed by atoms with Crippen molar-refractivity contribution in [2.75, 3.05) is 20.4 Å². The van der Waals surface area contributed by atoms with Gasteiger partial charge < -0.3 is 24.2 Å². The third-order valence-electron chi connectivity index (χ3n) is 6.55. The minimum atomic E-state index is -0.508. The minimum absolute atomic E-state index is 0.135. The Balaban J connectivity index is 1.33. The molecule has 166 valence electrons. The molecular formula is C26H27NO5. The molecule has 0 aromatic heterocycles. The number of nitrogens with zero attached hydrogens (tertiary/aromatic N) is 1. The Morgan fingerprint density at radius 3 is 2.97 bits per heavy atom. The number of hydrogen-bond donors (Lipinski definition) is 1. The number of esters is 1. The van der Waals surface area contributed by atoms with E-state index in [1.54, 1.807) is 6.08 Å². The highest BCUT2D eigenvalue weighted by Gasteiger charge is 2.52. The van der Waals surface area contributed by atoms with Crippen LogP contribution >= 0.6 is 0 Å². The quantitative estimate of drug-likeness (QED) is 0.337. The molecule has 2 aliphatic heterocycles. The second-order valence-corrected chi connectivity index (χ2v) is 8.69. The molecule has 32 heavy (non-hydrogen) atoms. The van der Waals surface area contributed by atoms with E-state index >= 15 is 0 Å². The maximum Gasteiger partial charge on any atom is 0.333 e. The zero-order valence-electron chi connectivity index (χ0n) is 18.1. The third-order valence-corrected chi connectivity index (χ3v) is 6.55. The van der Waals surface area contributed by atoms with Crippen molar-refractivity contribution in [2.45, 2.75) is 37.0 Å². The molecule has 2 heterocycles. The molecule has 0 fully saturated rings. The highest BCUT2D eigenvalue weighted by Crippen LogP contribution is 2.55. The first kappa shape index (κ1) is 20.8. The van der Waals surface area contributed by atoms with Crippen LogP contribution in [0.15, 0.2) is 60.7 Å². The van der Waals surface area contributed by atoms with Crippen LogP contribution in [0.4, 0.5) is 0 Å². The Labute approximate surface area is 187 Å². The van der Waals surface area contributed by atoms with Crippen LogP contribution in [0.25, 0.3) is 6.08 Å². The molecule has 0 saturated carbocycles. The lowest BCUT2D eigenvalue weighted by Gasteiger charge is -2.35. The lowest BCUT2D eigenvalue weighted by atomic mass is 9.69. The maximum atomic E-state index is 12.1. The van der Waals surface area contributed by atoms with Gasteiger partial charge in [0, 0.05) is 24.6 Å². The zero-order chi connectivity index (χ0) is 22.1. The average molecular weight is 434 g/mol. The van der Waals surface area contributed by atoms with E-state index in [2.05, 4.69) is 24.1 Å². The molecule has 1 spiro atoms. The number of aliphatic hydroxyl groups excluding tert-OH is 1. The van der Waals surface area contributed by atoms with Crippen molar-refractivity contribution in [3.05, 3.63) is 77.4 Å². The van der Waals surface area contributed by atoms with Crippen LogP contribution in [-0.2, 0) is 21.5 Å². The molecule has 1 aliphatic carbocycles. The van der Waals surface area contributed by atoms with Crippen LogP contribution in [0, 0.1) is 0 Å². The number of benzene rings is 2. The molecule has 3 atom stereocenters. The molecule has 5 rings (SSSR count). The van der Waals surface area contributed by atoms with Crippen molar-refractivity contribution >= 4 is 12.0 Å². The van der Waals surface area contributed by atoms with E-state index in [0.29, 0.717) is 17.9 Å². The molecule has 0 radical (unpaired) electrons. The summed E-state index contributed by atoms with van der Waals surface area (Å²) in [6.07, 6.45) is 7.92. The van der Waals surface area contributed by atoms with Gasteiger partial charge in [-0.2, -0.15) is 0 Å². The molecule has 2 aromatic rings. The third kappa shape index (κ3) is 3.80. The molecule has 2 aromatic carbocycles. The summed E-state index contributed by atoms with van der Waals surface area (Å²) in [5, 5.41) is 10.2. The Morgan fingerprint density at radius 1 is 1.28 bits per heavy atom. The number of hydrogen-bond acceptors (Lipinski definition) is 6. The molecule has 0 saturated heterocycles. The van der Waals surface area contributed by atoms with Crippen LogP contribution in [0.2, 0.25) is 0 Å². The summed E-state index contributed by atoms with van der Waals surface area (Å²) in [4.78, 5) is 14.4. The number of carbonyl (C=O) groups excluding carboxylic acids is 1. The number of ether oxygens (including phenoxy) is 3. The second kappa shape index (κ2) is 8.45. The molecule has 0 amide bonds. The van der Waals surface area contributed by atoms with Crippen LogP contribution in [-0.4, -0.2) is 48.6 Å². The number of aliphatic hydroxyl groups is 1. The molecule has 1 N–H and O–H groups in total. The van der Waals surface area contributed by atoms with Gasteiger partial charge in [0.25, 0.3) is 0 Å². The van der Waals surface area contributed by atoms with E-state index in [9.17, 15) is 9.90 Å². The summed E-state index contributed by atoms with van der Waals surface area (Å²) >= 11 is 0. The van der Waals surface area contributed by atoms with Crippen molar-refractivity contribution in [1.29, 1.82) is 0 Å². The van der Waals surface area contributed by atoms with Gasteiger partial charge in [-0.05, 0) is 43.3 Å². The second-order valence-electron chi connectivity index (χ2n) is 8.69. The summed E-state index contributed by atoms with van der Waals surface area (Å²) in [6.45, 7) is 1.56. The summed E-state index contributed by atoms with van der Waals surface area (Å²) in [6, 6.07) is 13.5. The van der Waals surface area contributed by atoms with E-state index in [1.807, 2.05) is 42.5 Å². The van der Waals surface area contributed by atoms with Crippen LogP contribution in [0.5, 0.6) is 11.5 Å². The van der Waals surface area contributed by atoms with E-state index in [0.717, 1.165) is 30.6 Å². The smallest absolute Gasteiger partial charge is 0.333 e. The SMILES string of the molecule is CN1CCC23C=CC(O)CC2Oc2c(OCOC(=O)/C=C/c4ccccc4)ccc(c23)C1.